The monoisotopic (exact) mass is 339 g/mol. The first-order valence-corrected chi connectivity index (χ1v) is 8.94. The van der Waals surface area contributed by atoms with Crippen molar-refractivity contribution >= 4 is 21.6 Å². The maximum Gasteiger partial charge on any atom is 0.0393 e. The van der Waals surface area contributed by atoms with E-state index >= 15 is 0 Å². The van der Waals surface area contributed by atoms with Gasteiger partial charge in [0, 0.05) is 24.6 Å². The number of halogens is 1. The van der Waals surface area contributed by atoms with Crippen molar-refractivity contribution in [3.8, 4) is 0 Å². The lowest BCUT2D eigenvalue weighted by atomic mass is 9.80. The second-order valence-electron chi connectivity index (χ2n) is 6.28. The van der Waals surface area contributed by atoms with E-state index in [1.54, 1.807) is 0 Å². The molecule has 0 radical (unpaired) electrons. The van der Waals surface area contributed by atoms with Crippen molar-refractivity contribution in [2.45, 2.75) is 53.4 Å². The van der Waals surface area contributed by atoms with Crippen LogP contribution in [-0.4, -0.2) is 18.9 Å². The molecule has 0 unspecified atom stereocenters. The molecule has 0 N–H and O–H groups in total. The summed E-state index contributed by atoms with van der Waals surface area (Å²) in [4.78, 5) is 2.45. The largest absolute Gasteiger partial charge is 0.374 e. The van der Waals surface area contributed by atoms with Crippen LogP contribution in [0.2, 0.25) is 0 Å². The lowest BCUT2D eigenvalue weighted by Crippen LogP contribution is -2.37. The lowest BCUT2D eigenvalue weighted by Gasteiger charge is -2.37. The van der Waals surface area contributed by atoms with Gasteiger partial charge in [-0.1, -0.05) is 60.3 Å². The van der Waals surface area contributed by atoms with E-state index in [2.05, 4.69) is 73.8 Å². The number of rotatable bonds is 8. The van der Waals surface area contributed by atoms with Crippen LogP contribution >= 0.6 is 15.9 Å². The van der Waals surface area contributed by atoms with E-state index in [1.807, 2.05) is 0 Å². The molecule has 0 amide bonds. The van der Waals surface area contributed by atoms with E-state index in [-0.39, 0.29) is 0 Å². The highest BCUT2D eigenvalue weighted by Gasteiger charge is 2.29. The Morgan fingerprint density at radius 1 is 1.10 bits per heavy atom. The minimum absolute atomic E-state index is 0.398. The Morgan fingerprint density at radius 2 is 1.70 bits per heavy atom. The van der Waals surface area contributed by atoms with Crippen LogP contribution in [0.25, 0.3) is 0 Å². The van der Waals surface area contributed by atoms with Crippen LogP contribution in [0, 0.1) is 19.3 Å². The second kappa shape index (κ2) is 8.07. The SMILES string of the molecule is CCCC(CBr)(CCC)CN(C)c1ccc(C)cc1C. The van der Waals surface area contributed by atoms with E-state index in [1.165, 1.54) is 42.5 Å². The topological polar surface area (TPSA) is 3.24 Å². The van der Waals surface area contributed by atoms with Crippen molar-refractivity contribution in [1.82, 2.24) is 0 Å². The first-order chi connectivity index (χ1) is 9.48. The first kappa shape index (κ1) is 17.6. The highest BCUT2D eigenvalue weighted by Crippen LogP contribution is 2.34. The summed E-state index contributed by atoms with van der Waals surface area (Å²) in [7, 11) is 2.24. The zero-order chi connectivity index (χ0) is 15.2. The Bertz CT molecular complexity index is 408. The van der Waals surface area contributed by atoms with Gasteiger partial charge in [0.15, 0.2) is 0 Å². The van der Waals surface area contributed by atoms with E-state index in [0.717, 1.165) is 11.9 Å². The van der Waals surface area contributed by atoms with Gasteiger partial charge in [0.1, 0.15) is 0 Å². The number of aryl methyl sites for hydroxylation is 2. The van der Waals surface area contributed by atoms with Gasteiger partial charge in [0.05, 0.1) is 0 Å². The van der Waals surface area contributed by atoms with Crippen LogP contribution in [0.4, 0.5) is 5.69 Å². The molecule has 0 aliphatic rings. The molecule has 114 valence electrons. The Morgan fingerprint density at radius 3 is 2.15 bits per heavy atom. The summed E-state index contributed by atoms with van der Waals surface area (Å²) < 4.78 is 0. The van der Waals surface area contributed by atoms with Gasteiger partial charge in [-0.05, 0) is 43.7 Å². The van der Waals surface area contributed by atoms with Crippen molar-refractivity contribution in [1.29, 1.82) is 0 Å². The van der Waals surface area contributed by atoms with Gasteiger partial charge in [-0.15, -0.1) is 0 Å². The van der Waals surface area contributed by atoms with Gasteiger partial charge < -0.3 is 4.90 Å². The molecule has 0 aliphatic carbocycles. The van der Waals surface area contributed by atoms with Gasteiger partial charge in [-0.25, -0.2) is 0 Å². The average Bonchev–Trinajstić information content (AvgIpc) is 2.38. The fourth-order valence-corrected chi connectivity index (χ4v) is 4.08. The molecule has 0 spiro atoms. The fraction of sp³-hybridized carbons (Fsp3) is 0.667. The molecule has 0 bridgehead atoms. The minimum atomic E-state index is 0.398. The third kappa shape index (κ3) is 4.51. The van der Waals surface area contributed by atoms with Crippen LogP contribution < -0.4 is 4.90 Å². The molecular formula is C18H30BrN. The maximum absolute atomic E-state index is 3.78. The molecule has 0 saturated carbocycles. The number of anilines is 1. The molecule has 1 aromatic rings. The summed E-state index contributed by atoms with van der Waals surface area (Å²) in [5.74, 6) is 0. The minimum Gasteiger partial charge on any atom is -0.374 e. The molecule has 1 rings (SSSR count). The molecule has 0 fully saturated rings. The number of alkyl halides is 1. The molecule has 1 nitrogen and oxygen atoms in total. The zero-order valence-electron chi connectivity index (χ0n) is 13.8. The first-order valence-electron chi connectivity index (χ1n) is 7.82. The Labute approximate surface area is 133 Å². The van der Waals surface area contributed by atoms with E-state index in [4.69, 9.17) is 0 Å². The highest BCUT2D eigenvalue weighted by atomic mass is 79.9. The molecule has 2 heteroatoms. The van der Waals surface area contributed by atoms with Crippen molar-refractivity contribution in [3.05, 3.63) is 29.3 Å². The third-order valence-corrected chi connectivity index (χ3v) is 5.37. The molecule has 0 aliphatic heterocycles. The van der Waals surface area contributed by atoms with Crippen LogP contribution in [0.5, 0.6) is 0 Å². The van der Waals surface area contributed by atoms with Gasteiger partial charge in [-0.3, -0.25) is 0 Å². The molecule has 1 aromatic carbocycles. The molecule has 0 atom stereocenters. The van der Waals surface area contributed by atoms with Crippen molar-refractivity contribution < 1.29 is 0 Å². The standard InChI is InChI=1S/C18H30BrN/c1-6-10-18(13-19,11-7-2)14-20(5)17-9-8-15(3)12-16(17)4/h8-9,12H,6-7,10-11,13-14H2,1-5H3. The molecular weight excluding hydrogens is 310 g/mol. The third-order valence-electron chi connectivity index (χ3n) is 4.18. The highest BCUT2D eigenvalue weighted by molar-refractivity contribution is 9.09. The summed E-state index contributed by atoms with van der Waals surface area (Å²) >= 11 is 3.78. The van der Waals surface area contributed by atoms with Gasteiger partial charge in [0.25, 0.3) is 0 Å². The predicted molar refractivity (Wildman–Crippen MR) is 95.2 cm³/mol. The van der Waals surface area contributed by atoms with E-state index in [0.29, 0.717) is 5.41 Å². The number of hydrogen-bond donors (Lipinski definition) is 0. The lowest BCUT2D eigenvalue weighted by molar-refractivity contribution is 0.283. The Kier molecular flexibility index (Phi) is 7.08. The quantitative estimate of drug-likeness (QED) is 0.547. The summed E-state index contributed by atoms with van der Waals surface area (Å²) in [6.07, 6.45) is 5.10. The van der Waals surface area contributed by atoms with Crippen LogP contribution in [0.15, 0.2) is 18.2 Å². The molecule has 20 heavy (non-hydrogen) atoms. The molecule has 0 heterocycles. The Hall–Kier alpha value is -0.500. The molecule has 0 saturated heterocycles. The van der Waals surface area contributed by atoms with E-state index in [9.17, 15) is 0 Å². The maximum atomic E-state index is 3.78. The van der Waals surface area contributed by atoms with E-state index < -0.39 is 0 Å². The van der Waals surface area contributed by atoms with Gasteiger partial charge >= 0.3 is 0 Å². The van der Waals surface area contributed by atoms with Gasteiger partial charge in [-0.2, -0.15) is 0 Å². The molecule has 0 aromatic heterocycles. The summed E-state index contributed by atoms with van der Waals surface area (Å²) in [6, 6.07) is 6.76. The summed E-state index contributed by atoms with van der Waals surface area (Å²) in [5, 5.41) is 1.09. The number of hydrogen-bond acceptors (Lipinski definition) is 1. The van der Waals surface area contributed by atoms with Crippen molar-refractivity contribution in [3.63, 3.8) is 0 Å². The van der Waals surface area contributed by atoms with Crippen LogP contribution in [0.3, 0.4) is 0 Å². The fourth-order valence-electron chi connectivity index (χ4n) is 3.34. The summed E-state index contributed by atoms with van der Waals surface area (Å²) in [5.41, 5.74) is 4.49. The Balaban J connectivity index is 2.91. The van der Waals surface area contributed by atoms with Crippen LogP contribution in [0.1, 0.15) is 50.7 Å². The predicted octanol–water partition coefficient (Wildman–Crippen LogP) is 5.72. The van der Waals surface area contributed by atoms with Crippen molar-refractivity contribution in [2.24, 2.45) is 5.41 Å². The zero-order valence-corrected chi connectivity index (χ0v) is 15.4. The normalized spacial score (nSPS) is 11.7. The number of nitrogens with zero attached hydrogens (tertiary/aromatic N) is 1. The summed E-state index contributed by atoms with van der Waals surface area (Å²) in [6.45, 7) is 10.1. The van der Waals surface area contributed by atoms with Gasteiger partial charge in [0.2, 0.25) is 0 Å². The van der Waals surface area contributed by atoms with Crippen molar-refractivity contribution in [2.75, 3.05) is 23.8 Å². The number of benzene rings is 1. The second-order valence-corrected chi connectivity index (χ2v) is 6.84. The van der Waals surface area contributed by atoms with Crippen LogP contribution in [-0.2, 0) is 0 Å². The smallest absolute Gasteiger partial charge is 0.0393 e. The average molecular weight is 340 g/mol.